The third-order valence-electron chi connectivity index (χ3n) is 3.90. The largest absolute Gasteiger partial charge is 0.462 e. The Morgan fingerprint density at radius 2 is 1.77 bits per heavy atom. The number of rotatable bonds is 3. The number of aliphatic imine (C=N–C) groups is 1. The second-order valence-electron chi connectivity index (χ2n) is 5.45. The Balaban J connectivity index is 2.06. The van der Waals surface area contributed by atoms with E-state index in [1.165, 1.54) is 5.56 Å². The summed E-state index contributed by atoms with van der Waals surface area (Å²) in [6, 6.07) is 17.1. The molecule has 0 aliphatic carbocycles. The van der Waals surface area contributed by atoms with E-state index >= 15 is 0 Å². The lowest BCUT2D eigenvalue weighted by atomic mass is 10.1. The number of amidine groups is 1. The molecule has 3 nitrogen and oxygen atoms in total. The molecule has 1 aliphatic heterocycles. The normalized spacial score (nSPS) is 19.3. The second kappa shape index (κ2) is 6.06. The van der Waals surface area contributed by atoms with Gasteiger partial charge in [-0.2, -0.15) is 4.99 Å². The first-order valence-electron chi connectivity index (χ1n) is 7.45. The van der Waals surface area contributed by atoms with Crippen LogP contribution in [0.5, 0.6) is 0 Å². The van der Waals surface area contributed by atoms with Gasteiger partial charge in [0.05, 0.1) is 11.7 Å². The zero-order valence-electron chi connectivity index (χ0n) is 13.0. The van der Waals surface area contributed by atoms with E-state index in [9.17, 15) is 0 Å². The number of hydrogen-bond donors (Lipinski definition) is 0. The minimum absolute atomic E-state index is 0.101. The van der Waals surface area contributed by atoms with Gasteiger partial charge in [0.25, 0.3) is 6.02 Å². The smallest absolute Gasteiger partial charge is 0.297 e. The van der Waals surface area contributed by atoms with E-state index in [1.807, 2.05) is 36.4 Å². The summed E-state index contributed by atoms with van der Waals surface area (Å²) in [5.41, 5.74) is 4.36. The van der Waals surface area contributed by atoms with Crippen LogP contribution in [0.1, 0.15) is 11.1 Å². The lowest BCUT2D eigenvalue weighted by molar-refractivity contribution is 0.339. The molecule has 2 aromatic rings. The standard InChI is InChI=1S/C19H20N2O/c1-4-16-13-22-19(20-17-11-7-5-9-14(17)2)21(16)18-12-8-6-10-15(18)3/h4-12,16H,1,13H2,2-3H3. The van der Waals surface area contributed by atoms with Crippen molar-refractivity contribution in [1.82, 2.24) is 0 Å². The molecule has 22 heavy (non-hydrogen) atoms. The first kappa shape index (κ1) is 14.4. The van der Waals surface area contributed by atoms with Crippen molar-refractivity contribution in [3.05, 3.63) is 72.3 Å². The molecule has 1 aliphatic rings. The Morgan fingerprint density at radius 1 is 1.09 bits per heavy atom. The van der Waals surface area contributed by atoms with Gasteiger partial charge >= 0.3 is 0 Å². The van der Waals surface area contributed by atoms with Crippen LogP contribution in [0.2, 0.25) is 0 Å². The molecule has 1 atom stereocenters. The van der Waals surface area contributed by atoms with Crippen molar-refractivity contribution in [2.45, 2.75) is 19.9 Å². The summed E-state index contributed by atoms with van der Waals surface area (Å²) in [7, 11) is 0. The van der Waals surface area contributed by atoms with Crippen LogP contribution in [0.4, 0.5) is 11.4 Å². The van der Waals surface area contributed by atoms with Crippen LogP contribution < -0.4 is 4.90 Å². The molecule has 3 rings (SSSR count). The quantitative estimate of drug-likeness (QED) is 0.784. The molecule has 0 amide bonds. The van der Waals surface area contributed by atoms with Crippen LogP contribution >= 0.6 is 0 Å². The van der Waals surface area contributed by atoms with Gasteiger partial charge in [-0.05, 0) is 37.1 Å². The van der Waals surface area contributed by atoms with Crippen molar-refractivity contribution < 1.29 is 4.74 Å². The molecule has 1 unspecified atom stereocenters. The zero-order chi connectivity index (χ0) is 15.5. The fourth-order valence-corrected chi connectivity index (χ4v) is 2.61. The molecule has 1 fully saturated rings. The van der Waals surface area contributed by atoms with Gasteiger partial charge in [-0.15, -0.1) is 6.58 Å². The molecule has 1 heterocycles. The van der Waals surface area contributed by atoms with Crippen LogP contribution in [0.15, 0.2) is 66.2 Å². The van der Waals surface area contributed by atoms with E-state index in [4.69, 9.17) is 9.73 Å². The number of aryl methyl sites for hydroxylation is 2. The van der Waals surface area contributed by atoms with Crippen LogP contribution in [-0.4, -0.2) is 18.7 Å². The summed E-state index contributed by atoms with van der Waals surface area (Å²) >= 11 is 0. The first-order chi connectivity index (χ1) is 10.7. The topological polar surface area (TPSA) is 24.8 Å². The third kappa shape index (κ3) is 2.62. The van der Waals surface area contributed by atoms with Crippen molar-refractivity contribution in [3.63, 3.8) is 0 Å². The molecular formula is C19H20N2O. The van der Waals surface area contributed by atoms with Crippen molar-refractivity contribution in [2.75, 3.05) is 11.5 Å². The van der Waals surface area contributed by atoms with E-state index in [1.54, 1.807) is 0 Å². The minimum atomic E-state index is 0.101. The lowest BCUT2D eigenvalue weighted by Crippen LogP contribution is -2.33. The van der Waals surface area contributed by atoms with Crippen molar-refractivity contribution in [3.8, 4) is 0 Å². The zero-order valence-corrected chi connectivity index (χ0v) is 13.0. The fraction of sp³-hybridized carbons (Fsp3) is 0.211. The number of nitrogens with zero attached hydrogens (tertiary/aromatic N) is 2. The van der Waals surface area contributed by atoms with E-state index in [0.29, 0.717) is 12.6 Å². The number of benzene rings is 2. The van der Waals surface area contributed by atoms with Gasteiger partial charge in [0.1, 0.15) is 6.61 Å². The molecule has 0 aromatic heterocycles. The predicted molar refractivity (Wildman–Crippen MR) is 91.9 cm³/mol. The monoisotopic (exact) mass is 292 g/mol. The number of para-hydroxylation sites is 2. The molecule has 0 bridgehead atoms. The Hall–Kier alpha value is -2.55. The fourth-order valence-electron chi connectivity index (χ4n) is 2.61. The molecular weight excluding hydrogens is 272 g/mol. The van der Waals surface area contributed by atoms with Gasteiger partial charge in [-0.25, -0.2) is 0 Å². The minimum Gasteiger partial charge on any atom is -0.462 e. The average Bonchev–Trinajstić information content (AvgIpc) is 2.93. The van der Waals surface area contributed by atoms with Crippen molar-refractivity contribution >= 4 is 17.4 Å². The van der Waals surface area contributed by atoms with Crippen LogP contribution in [0.3, 0.4) is 0 Å². The Labute approximate surface area is 131 Å². The highest BCUT2D eigenvalue weighted by Crippen LogP contribution is 2.29. The van der Waals surface area contributed by atoms with E-state index in [2.05, 4.69) is 43.5 Å². The van der Waals surface area contributed by atoms with Gasteiger partial charge in [0.15, 0.2) is 0 Å². The second-order valence-corrected chi connectivity index (χ2v) is 5.45. The molecule has 3 heteroatoms. The van der Waals surface area contributed by atoms with E-state index in [-0.39, 0.29) is 6.04 Å². The number of ether oxygens (including phenoxy) is 1. The first-order valence-corrected chi connectivity index (χ1v) is 7.45. The Bertz CT molecular complexity index is 721. The van der Waals surface area contributed by atoms with E-state index < -0.39 is 0 Å². The maximum Gasteiger partial charge on any atom is 0.297 e. The highest BCUT2D eigenvalue weighted by atomic mass is 16.5. The molecule has 0 saturated carbocycles. The van der Waals surface area contributed by atoms with Crippen LogP contribution in [0.25, 0.3) is 0 Å². The molecule has 0 N–H and O–H groups in total. The third-order valence-corrected chi connectivity index (χ3v) is 3.90. The molecule has 1 saturated heterocycles. The summed E-state index contributed by atoms with van der Waals surface area (Å²) < 4.78 is 5.84. The lowest BCUT2D eigenvalue weighted by Gasteiger charge is -2.23. The maximum atomic E-state index is 5.84. The Morgan fingerprint density at radius 3 is 2.45 bits per heavy atom. The van der Waals surface area contributed by atoms with E-state index in [0.717, 1.165) is 16.9 Å². The predicted octanol–water partition coefficient (Wildman–Crippen LogP) is 4.38. The Kier molecular flexibility index (Phi) is 3.96. The number of anilines is 1. The summed E-state index contributed by atoms with van der Waals surface area (Å²) in [6.07, 6.45) is 1.91. The van der Waals surface area contributed by atoms with Gasteiger partial charge in [0.2, 0.25) is 0 Å². The van der Waals surface area contributed by atoms with Crippen molar-refractivity contribution in [1.29, 1.82) is 0 Å². The SMILES string of the molecule is C=CC1COC(=Nc2ccccc2C)N1c1ccccc1C. The summed E-state index contributed by atoms with van der Waals surface area (Å²) in [5.74, 6) is 0. The number of hydrogen-bond acceptors (Lipinski definition) is 2. The highest BCUT2D eigenvalue weighted by molar-refractivity contribution is 5.97. The van der Waals surface area contributed by atoms with Gasteiger partial charge in [-0.3, -0.25) is 4.90 Å². The van der Waals surface area contributed by atoms with Crippen molar-refractivity contribution in [2.24, 2.45) is 4.99 Å². The molecule has 112 valence electrons. The maximum absolute atomic E-state index is 5.84. The molecule has 0 radical (unpaired) electrons. The van der Waals surface area contributed by atoms with Gasteiger partial charge < -0.3 is 4.74 Å². The highest BCUT2D eigenvalue weighted by Gasteiger charge is 2.31. The van der Waals surface area contributed by atoms with Crippen LogP contribution in [-0.2, 0) is 4.74 Å². The van der Waals surface area contributed by atoms with Gasteiger partial charge in [-0.1, -0.05) is 42.5 Å². The summed E-state index contributed by atoms with van der Waals surface area (Å²) in [4.78, 5) is 6.85. The average molecular weight is 292 g/mol. The van der Waals surface area contributed by atoms with Gasteiger partial charge in [0, 0.05) is 5.69 Å². The summed E-state index contributed by atoms with van der Waals surface area (Å²) in [5, 5.41) is 0. The van der Waals surface area contributed by atoms with Crippen LogP contribution in [0, 0.1) is 13.8 Å². The molecule has 0 spiro atoms. The summed E-state index contributed by atoms with van der Waals surface area (Å²) in [6.45, 7) is 8.65. The molecule has 2 aromatic carbocycles.